The molecule has 40 heavy (non-hydrogen) atoms. The largest absolute Gasteiger partial charge is 0.456 e. The molecule has 2 aromatic carbocycles. The van der Waals surface area contributed by atoms with Crippen molar-refractivity contribution in [2.45, 2.75) is 32.8 Å². The summed E-state index contributed by atoms with van der Waals surface area (Å²) in [5.74, 6) is -5.28. The lowest BCUT2D eigenvalue weighted by molar-refractivity contribution is -0.122. The number of thiophene rings is 1. The van der Waals surface area contributed by atoms with Crippen molar-refractivity contribution < 1.29 is 32.3 Å². The number of nitrogens with one attached hydrogen (secondary N) is 1. The zero-order valence-electron chi connectivity index (χ0n) is 21.5. The van der Waals surface area contributed by atoms with E-state index in [9.17, 15) is 27.6 Å². The van der Waals surface area contributed by atoms with Crippen LogP contribution in [-0.2, 0) is 14.3 Å². The van der Waals surface area contributed by atoms with E-state index in [1.165, 1.54) is 16.2 Å². The molecule has 1 aromatic heterocycles. The maximum absolute atomic E-state index is 13.6. The molecule has 1 saturated heterocycles. The average molecular weight is 605 g/mol. The number of ether oxygens (including phenoxy) is 1. The summed E-state index contributed by atoms with van der Waals surface area (Å²) in [7, 11) is 0. The molecule has 1 aliphatic heterocycles. The number of thiocarbonyl (C=S) groups is 1. The zero-order chi connectivity index (χ0) is 29.2. The molecule has 1 N–H and O–H groups in total. The first-order valence-corrected chi connectivity index (χ1v) is 14.0. The molecular formula is C28H23F3N2O4S3. The fraction of sp³-hybridized carbons (Fsp3) is 0.214. The normalized spacial score (nSPS) is 14.7. The van der Waals surface area contributed by atoms with Crippen LogP contribution in [0, 0.1) is 17.5 Å². The molecule has 6 nitrogen and oxygen atoms in total. The summed E-state index contributed by atoms with van der Waals surface area (Å²) in [5.41, 5.74) is 0.859. The molecule has 3 aromatic rings. The summed E-state index contributed by atoms with van der Waals surface area (Å²) >= 11 is 7.65. The van der Waals surface area contributed by atoms with E-state index in [0.717, 1.165) is 23.9 Å². The van der Waals surface area contributed by atoms with Crippen molar-refractivity contribution in [1.82, 2.24) is 4.90 Å². The number of esters is 1. The van der Waals surface area contributed by atoms with Gasteiger partial charge in [-0.1, -0.05) is 24.0 Å². The number of rotatable bonds is 7. The molecule has 208 valence electrons. The van der Waals surface area contributed by atoms with Gasteiger partial charge in [-0.25, -0.2) is 18.0 Å². The van der Waals surface area contributed by atoms with Gasteiger partial charge in [-0.2, -0.15) is 0 Å². The number of carbonyl (C=O) groups excluding carboxylic acids is 3. The fourth-order valence-electron chi connectivity index (χ4n) is 3.59. The number of halogens is 3. The van der Waals surface area contributed by atoms with Crippen LogP contribution in [0.15, 0.2) is 52.7 Å². The minimum Gasteiger partial charge on any atom is -0.456 e. The Morgan fingerprint density at radius 2 is 1.70 bits per heavy atom. The maximum Gasteiger partial charge on any atom is 0.338 e. The lowest BCUT2D eigenvalue weighted by Crippen LogP contribution is -2.31. The van der Waals surface area contributed by atoms with E-state index >= 15 is 0 Å². The molecule has 1 fully saturated rings. The first-order chi connectivity index (χ1) is 18.8. The molecule has 12 heteroatoms. The lowest BCUT2D eigenvalue weighted by Gasteiger charge is -2.19. The molecule has 0 aliphatic carbocycles. The van der Waals surface area contributed by atoms with Gasteiger partial charge in [-0.05, 0) is 85.8 Å². The molecule has 2 amide bonds. The first-order valence-electron chi connectivity index (χ1n) is 11.9. The predicted octanol–water partition coefficient (Wildman–Crippen LogP) is 7.02. The first kappa shape index (κ1) is 29.5. The highest BCUT2D eigenvalue weighted by atomic mass is 32.2. The van der Waals surface area contributed by atoms with Crippen LogP contribution in [0.2, 0.25) is 0 Å². The highest BCUT2D eigenvalue weighted by Gasteiger charge is 2.32. The van der Waals surface area contributed by atoms with Crippen LogP contribution in [0.25, 0.3) is 17.2 Å². The van der Waals surface area contributed by atoms with Crippen molar-refractivity contribution in [3.8, 4) is 11.1 Å². The van der Waals surface area contributed by atoms with E-state index in [1.807, 2.05) is 0 Å². The predicted molar refractivity (Wildman–Crippen MR) is 154 cm³/mol. The van der Waals surface area contributed by atoms with Crippen molar-refractivity contribution in [2.75, 3.05) is 11.9 Å². The van der Waals surface area contributed by atoms with Gasteiger partial charge < -0.3 is 10.1 Å². The summed E-state index contributed by atoms with van der Waals surface area (Å²) in [6.45, 7) is 5.38. The van der Waals surface area contributed by atoms with Gasteiger partial charge in [0, 0.05) is 23.5 Å². The highest BCUT2D eigenvalue weighted by Crippen LogP contribution is 2.35. The van der Waals surface area contributed by atoms with Crippen molar-refractivity contribution in [2.24, 2.45) is 0 Å². The van der Waals surface area contributed by atoms with Gasteiger partial charge in [0.2, 0.25) is 5.91 Å². The number of nitrogens with zero attached hydrogens (tertiary/aromatic N) is 1. The number of amides is 2. The van der Waals surface area contributed by atoms with E-state index < -0.39 is 29.0 Å². The Morgan fingerprint density at radius 1 is 1.05 bits per heavy atom. The number of hydrogen-bond donors (Lipinski definition) is 1. The van der Waals surface area contributed by atoms with Gasteiger partial charge in [0.15, 0.2) is 17.5 Å². The smallest absolute Gasteiger partial charge is 0.338 e. The Hall–Kier alpha value is -3.48. The van der Waals surface area contributed by atoms with E-state index in [0.29, 0.717) is 30.9 Å². The quantitative estimate of drug-likeness (QED) is 0.135. The molecule has 0 radical (unpaired) electrons. The minimum atomic E-state index is -1.53. The number of benzene rings is 2. The van der Waals surface area contributed by atoms with Crippen molar-refractivity contribution in [3.05, 3.63) is 80.6 Å². The Labute approximate surface area is 242 Å². The van der Waals surface area contributed by atoms with E-state index in [4.69, 9.17) is 17.0 Å². The second-order valence-corrected chi connectivity index (χ2v) is 12.3. The van der Waals surface area contributed by atoms with Crippen molar-refractivity contribution in [3.63, 3.8) is 0 Å². The van der Waals surface area contributed by atoms with Crippen LogP contribution in [-0.4, -0.2) is 39.1 Å². The van der Waals surface area contributed by atoms with Crippen molar-refractivity contribution >= 4 is 69.2 Å². The monoisotopic (exact) mass is 604 g/mol. The molecule has 0 saturated carbocycles. The molecule has 2 heterocycles. The third-order valence-corrected chi connectivity index (χ3v) is 7.71. The summed E-state index contributed by atoms with van der Waals surface area (Å²) in [6.07, 6.45) is 1.59. The summed E-state index contributed by atoms with van der Waals surface area (Å²) in [5, 5.41) is 4.36. The molecule has 0 spiro atoms. The highest BCUT2D eigenvalue weighted by molar-refractivity contribution is 8.26. The SMILES string of the molecule is CC(C)(C)OC(=O)c1ccc(NC(=O)CCN2C(=O)/C(=C/c3cc(-c4cc(F)c(F)c(F)c4)cs3)SC2=S)cc1. The summed E-state index contributed by atoms with van der Waals surface area (Å²) in [6, 6.07) is 9.72. The van der Waals surface area contributed by atoms with Gasteiger partial charge >= 0.3 is 5.97 Å². The van der Waals surface area contributed by atoms with Gasteiger partial charge in [-0.3, -0.25) is 14.5 Å². The standard InChI is InChI=1S/C28H23F3N2O4S3/c1-28(2,3)37-26(36)15-4-6-18(7-5-15)32-23(34)8-9-33-25(35)22(40-27(33)38)13-19-10-17(14-39-19)16-11-20(29)24(31)21(30)12-16/h4-7,10-14H,8-9H2,1-3H3,(H,32,34)/b22-13-. The second kappa shape index (κ2) is 11.9. The van der Waals surface area contributed by atoms with Crippen LogP contribution in [0.4, 0.5) is 18.9 Å². The third-order valence-electron chi connectivity index (χ3n) is 5.45. The van der Waals surface area contributed by atoms with Crippen LogP contribution >= 0.6 is 35.3 Å². The second-order valence-electron chi connectivity index (χ2n) is 9.70. The molecule has 0 bridgehead atoms. The lowest BCUT2D eigenvalue weighted by atomic mass is 10.1. The number of carbonyl (C=O) groups is 3. The van der Waals surface area contributed by atoms with Crippen LogP contribution in [0.1, 0.15) is 42.4 Å². The Balaban J connectivity index is 1.34. The van der Waals surface area contributed by atoms with Crippen LogP contribution in [0.5, 0.6) is 0 Å². The van der Waals surface area contributed by atoms with E-state index in [2.05, 4.69) is 5.32 Å². The number of anilines is 1. The zero-order valence-corrected chi connectivity index (χ0v) is 24.0. The molecule has 0 atom stereocenters. The topological polar surface area (TPSA) is 75.7 Å². The molecule has 4 rings (SSSR count). The van der Waals surface area contributed by atoms with E-state index in [1.54, 1.807) is 62.6 Å². The van der Waals surface area contributed by atoms with Gasteiger partial charge in [0.25, 0.3) is 5.91 Å². The minimum absolute atomic E-state index is 0.0155. The Kier molecular flexibility index (Phi) is 8.81. The third kappa shape index (κ3) is 7.18. The van der Waals surface area contributed by atoms with Crippen LogP contribution in [0.3, 0.4) is 0 Å². The summed E-state index contributed by atoms with van der Waals surface area (Å²) < 4.78 is 46.1. The van der Waals surface area contributed by atoms with Crippen LogP contribution < -0.4 is 5.32 Å². The maximum atomic E-state index is 13.6. The van der Waals surface area contributed by atoms with Gasteiger partial charge in [0.05, 0.1) is 10.5 Å². The summed E-state index contributed by atoms with van der Waals surface area (Å²) in [4.78, 5) is 39.9. The van der Waals surface area contributed by atoms with Gasteiger partial charge in [-0.15, -0.1) is 11.3 Å². The Morgan fingerprint density at radius 3 is 2.33 bits per heavy atom. The van der Waals surface area contributed by atoms with E-state index in [-0.39, 0.29) is 30.3 Å². The fourth-order valence-corrected chi connectivity index (χ4v) is 5.81. The number of hydrogen-bond acceptors (Lipinski definition) is 7. The number of thioether (sulfide) groups is 1. The molecule has 0 unspecified atom stereocenters. The van der Waals surface area contributed by atoms with Gasteiger partial charge in [0.1, 0.15) is 9.92 Å². The molecule has 1 aliphatic rings. The Bertz CT molecular complexity index is 1510. The van der Waals surface area contributed by atoms with Crippen molar-refractivity contribution in [1.29, 1.82) is 0 Å². The molecular weight excluding hydrogens is 582 g/mol. The average Bonchev–Trinajstić information content (AvgIpc) is 3.44.